The van der Waals surface area contributed by atoms with Gasteiger partial charge in [0.2, 0.25) is 0 Å². The molecule has 18 heavy (non-hydrogen) atoms. The zero-order valence-corrected chi connectivity index (χ0v) is 11.1. The second kappa shape index (κ2) is 6.52. The summed E-state index contributed by atoms with van der Waals surface area (Å²) < 4.78 is 4.79. The fraction of sp³-hybridized carbons (Fsp3) is 0.500. The molecule has 1 aromatic carbocycles. The van der Waals surface area contributed by atoms with Gasteiger partial charge in [-0.1, -0.05) is 30.3 Å². The van der Waals surface area contributed by atoms with Crippen molar-refractivity contribution >= 4 is 5.97 Å². The fourth-order valence-electron chi connectivity index (χ4n) is 1.70. The Hall–Kier alpha value is -1.39. The minimum absolute atomic E-state index is 0.0463. The Kier molecular flexibility index (Phi) is 5.31. The molecular formula is C14H21NO3. The Morgan fingerprint density at radius 1 is 1.39 bits per heavy atom. The van der Waals surface area contributed by atoms with E-state index in [0.29, 0.717) is 6.42 Å². The summed E-state index contributed by atoms with van der Waals surface area (Å²) >= 11 is 0. The standard InChI is InChI=1S/C14H21NO3/c1-14(2,10-16)15-12(13(17)18-3)9-11-7-5-4-6-8-11/h4-8,12,15-16H,9-10H2,1-3H3/t12-/m0/s1. The van der Waals surface area contributed by atoms with Gasteiger partial charge >= 0.3 is 5.97 Å². The van der Waals surface area contributed by atoms with Gasteiger partial charge < -0.3 is 9.84 Å². The molecule has 0 unspecified atom stereocenters. The van der Waals surface area contributed by atoms with Gasteiger partial charge in [0, 0.05) is 5.54 Å². The smallest absolute Gasteiger partial charge is 0.323 e. The molecule has 0 aliphatic rings. The summed E-state index contributed by atoms with van der Waals surface area (Å²) in [5.41, 5.74) is 0.530. The lowest BCUT2D eigenvalue weighted by Crippen LogP contribution is -2.52. The zero-order chi connectivity index (χ0) is 13.6. The number of rotatable bonds is 6. The number of hydrogen-bond acceptors (Lipinski definition) is 4. The van der Waals surface area contributed by atoms with E-state index in [1.54, 1.807) is 0 Å². The van der Waals surface area contributed by atoms with E-state index >= 15 is 0 Å². The van der Waals surface area contributed by atoms with Crippen LogP contribution in [0.2, 0.25) is 0 Å². The monoisotopic (exact) mass is 251 g/mol. The summed E-state index contributed by atoms with van der Waals surface area (Å²) in [4.78, 5) is 11.7. The van der Waals surface area contributed by atoms with Crippen molar-refractivity contribution in [2.24, 2.45) is 0 Å². The SMILES string of the molecule is COC(=O)[C@H](Cc1ccccc1)NC(C)(C)CO. The fourth-order valence-corrected chi connectivity index (χ4v) is 1.70. The molecular weight excluding hydrogens is 230 g/mol. The normalized spacial score (nSPS) is 13.1. The van der Waals surface area contributed by atoms with Crippen LogP contribution in [0.5, 0.6) is 0 Å². The molecule has 0 saturated carbocycles. The average Bonchev–Trinajstić information content (AvgIpc) is 2.38. The van der Waals surface area contributed by atoms with Crippen LogP contribution in [-0.2, 0) is 16.0 Å². The van der Waals surface area contributed by atoms with E-state index in [1.165, 1.54) is 7.11 Å². The van der Waals surface area contributed by atoms with Gasteiger partial charge in [0.05, 0.1) is 13.7 Å². The zero-order valence-electron chi connectivity index (χ0n) is 11.1. The summed E-state index contributed by atoms with van der Waals surface area (Å²) in [6.07, 6.45) is 0.539. The first kappa shape index (κ1) is 14.7. The van der Waals surface area contributed by atoms with Gasteiger partial charge in [-0.05, 0) is 25.8 Å². The van der Waals surface area contributed by atoms with Crippen LogP contribution < -0.4 is 5.32 Å². The molecule has 4 heteroatoms. The van der Waals surface area contributed by atoms with Gasteiger partial charge in [-0.2, -0.15) is 0 Å². The third-order valence-corrected chi connectivity index (χ3v) is 2.73. The number of benzene rings is 1. The van der Waals surface area contributed by atoms with E-state index in [-0.39, 0.29) is 12.6 Å². The number of nitrogens with one attached hydrogen (secondary N) is 1. The first-order valence-corrected chi connectivity index (χ1v) is 5.99. The van der Waals surface area contributed by atoms with E-state index in [1.807, 2.05) is 44.2 Å². The molecule has 0 bridgehead atoms. The first-order chi connectivity index (χ1) is 8.48. The molecule has 4 nitrogen and oxygen atoms in total. The van der Waals surface area contributed by atoms with Gasteiger partial charge in [0.15, 0.2) is 0 Å². The lowest BCUT2D eigenvalue weighted by molar-refractivity contribution is -0.143. The molecule has 0 aliphatic carbocycles. The largest absolute Gasteiger partial charge is 0.468 e. The molecule has 1 atom stereocenters. The second-order valence-electron chi connectivity index (χ2n) is 4.95. The Bertz CT molecular complexity index is 376. The minimum Gasteiger partial charge on any atom is -0.468 e. The lowest BCUT2D eigenvalue weighted by atomic mass is 10.0. The first-order valence-electron chi connectivity index (χ1n) is 5.99. The lowest BCUT2D eigenvalue weighted by Gasteiger charge is -2.28. The van der Waals surface area contributed by atoms with Crippen LogP contribution in [0.25, 0.3) is 0 Å². The van der Waals surface area contributed by atoms with Crippen LogP contribution in [0.4, 0.5) is 0 Å². The molecule has 0 radical (unpaired) electrons. The molecule has 0 spiro atoms. The maximum Gasteiger partial charge on any atom is 0.323 e. The number of hydrogen-bond donors (Lipinski definition) is 2. The number of aliphatic hydroxyl groups excluding tert-OH is 1. The number of carbonyl (C=O) groups excluding carboxylic acids is 1. The van der Waals surface area contributed by atoms with Gasteiger partial charge in [-0.3, -0.25) is 10.1 Å². The van der Waals surface area contributed by atoms with Crippen molar-refractivity contribution in [3.05, 3.63) is 35.9 Å². The molecule has 0 amide bonds. The van der Waals surface area contributed by atoms with E-state index in [2.05, 4.69) is 5.32 Å². The number of esters is 1. The van der Waals surface area contributed by atoms with Crippen LogP contribution in [0.1, 0.15) is 19.4 Å². The van der Waals surface area contributed by atoms with Crippen LogP contribution in [-0.4, -0.2) is 36.4 Å². The minimum atomic E-state index is -0.520. The molecule has 100 valence electrons. The molecule has 0 saturated heterocycles. The van der Waals surface area contributed by atoms with Crippen molar-refractivity contribution in [1.82, 2.24) is 5.32 Å². The number of methoxy groups -OCH3 is 1. The van der Waals surface area contributed by atoms with E-state index in [0.717, 1.165) is 5.56 Å². The van der Waals surface area contributed by atoms with Gasteiger partial charge in [0.1, 0.15) is 6.04 Å². The molecule has 0 aliphatic heterocycles. The molecule has 0 aromatic heterocycles. The van der Waals surface area contributed by atoms with Crippen molar-refractivity contribution in [3.63, 3.8) is 0 Å². The quantitative estimate of drug-likeness (QED) is 0.744. The van der Waals surface area contributed by atoms with Gasteiger partial charge in [-0.25, -0.2) is 0 Å². The molecule has 2 N–H and O–H groups in total. The van der Waals surface area contributed by atoms with Crippen LogP contribution in [0.3, 0.4) is 0 Å². The summed E-state index contributed by atoms with van der Waals surface area (Å²) in [5.74, 6) is -0.319. The van der Waals surface area contributed by atoms with E-state index in [9.17, 15) is 9.90 Å². The Morgan fingerprint density at radius 2 is 2.00 bits per heavy atom. The Labute approximate surface area is 108 Å². The third-order valence-electron chi connectivity index (χ3n) is 2.73. The number of carbonyl (C=O) groups is 1. The summed E-state index contributed by atoms with van der Waals surface area (Å²) in [5, 5.41) is 12.4. The topological polar surface area (TPSA) is 58.6 Å². The molecule has 0 fully saturated rings. The molecule has 1 aromatic rings. The highest BCUT2D eigenvalue weighted by atomic mass is 16.5. The van der Waals surface area contributed by atoms with Gasteiger partial charge in [0.25, 0.3) is 0 Å². The van der Waals surface area contributed by atoms with Crippen LogP contribution in [0.15, 0.2) is 30.3 Å². The number of aliphatic hydroxyl groups is 1. The highest BCUT2D eigenvalue weighted by molar-refractivity contribution is 5.76. The van der Waals surface area contributed by atoms with Crippen molar-refractivity contribution in [2.45, 2.75) is 31.8 Å². The van der Waals surface area contributed by atoms with Crippen molar-refractivity contribution in [1.29, 1.82) is 0 Å². The van der Waals surface area contributed by atoms with E-state index in [4.69, 9.17) is 4.74 Å². The molecule has 0 heterocycles. The van der Waals surface area contributed by atoms with Crippen LogP contribution >= 0.6 is 0 Å². The summed E-state index contributed by atoms with van der Waals surface area (Å²) in [7, 11) is 1.37. The predicted molar refractivity (Wildman–Crippen MR) is 70.3 cm³/mol. The summed E-state index contributed by atoms with van der Waals surface area (Å²) in [6, 6.07) is 9.26. The summed E-state index contributed by atoms with van der Waals surface area (Å²) in [6.45, 7) is 3.64. The molecule has 1 rings (SSSR count). The van der Waals surface area contributed by atoms with Crippen molar-refractivity contribution in [3.8, 4) is 0 Å². The maximum atomic E-state index is 11.7. The van der Waals surface area contributed by atoms with Gasteiger partial charge in [-0.15, -0.1) is 0 Å². The highest BCUT2D eigenvalue weighted by Crippen LogP contribution is 2.09. The van der Waals surface area contributed by atoms with Crippen molar-refractivity contribution < 1.29 is 14.6 Å². The second-order valence-corrected chi connectivity index (χ2v) is 4.95. The highest BCUT2D eigenvalue weighted by Gasteiger charge is 2.27. The van der Waals surface area contributed by atoms with E-state index < -0.39 is 11.6 Å². The number of ether oxygens (including phenoxy) is 1. The third kappa shape index (κ3) is 4.47. The average molecular weight is 251 g/mol. The van der Waals surface area contributed by atoms with Crippen LogP contribution in [0, 0.1) is 0 Å². The Balaban J connectivity index is 2.77. The van der Waals surface area contributed by atoms with Crippen molar-refractivity contribution in [2.75, 3.05) is 13.7 Å². The maximum absolute atomic E-state index is 11.7. The predicted octanol–water partition coefficient (Wildman–Crippen LogP) is 1.13. The Morgan fingerprint density at radius 3 is 2.50 bits per heavy atom.